The average molecular weight is 184 g/mol. The van der Waals surface area contributed by atoms with Crippen LogP contribution in [0.25, 0.3) is 0 Å². The summed E-state index contributed by atoms with van der Waals surface area (Å²) in [5.41, 5.74) is 5.97. The third-order valence-corrected chi connectivity index (χ3v) is 3.19. The molecule has 1 atom stereocenters. The molecule has 0 bridgehead atoms. The van der Waals surface area contributed by atoms with Crippen molar-refractivity contribution in [3.8, 4) is 0 Å². The first-order valence-electron chi connectivity index (χ1n) is 5.49. The molecule has 78 valence electrons. The molecule has 1 unspecified atom stereocenters. The van der Waals surface area contributed by atoms with Gasteiger partial charge in [-0.1, -0.05) is 6.42 Å². The van der Waals surface area contributed by atoms with Crippen LogP contribution in [0.4, 0.5) is 0 Å². The highest BCUT2D eigenvalue weighted by Crippen LogP contribution is 2.31. The van der Waals surface area contributed by atoms with Crippen LogP contribution >= 0.6 is 0 Å². The summed E-state index contributed by atoms with van der Waals surface area (Å²) in [5.74, 6) is 0.923. The van der Waals surface area contributed by atoms with E-state index < -0.39 is 0 Å². The molecule has 3 N–H and O–H groups in total. The molecular formula is C11H24N2. The summed E-state index contributed by atoms with van der Waals surface area (Å²) in [6, 6.07) is 0.705. The van der Waals surface area contributed by atoms with E-state index in [4.69, 9.17) is 5.73 Å². The quantitative estimate of drug-likeness (QED) is 0.685. The molecule has 0 spiro atoms. The maximum absolute atomic E-state index is 5.97. The fraction of sp³-hybridized carbons (Fsp3) is 1.00. The summed E-state index contributed by atoms with van der Waals surface area (Å²) >= 11 is 0. The molecule has 0 amide bonds. The number of hydrogen-bond acceptors (Lipinski definition) is 2. The van der Waals surface area contributed by atoms with E-state index in [1.807, 2.05) is 0 Å². The molecule has 0 radical (unpaired) electrons. The summed E-state index contributed by atoms with van der Waals surface area (Å²) in [4.78, 5) is 0. The van der Waals surface area contributed by atoms with E-state index in [-0.39, 0.29) is 5.54 Å². The SMILES string of the molecule is CNC(CCC(C)(C)N)C1CCC1. The van der Waals surface area contributed by atoms with Gasteiger partial charge in [0.25, 0.3) is 0 Å². The summed E-state index contributed by atoms with van der Waals surface area (Å²) in [6.07, 6.45) is 6.60. The van der Waals surface area contributed by atoms with Crippen LogP contribution < -0.4 is 11.1 Å². The van der Waals surface area contributed by atoms with Crippen molar-refractivity contribution in [2.45, 2.75) is 57.5 Å². The Hall–Kier alpha value is -0.0800. The minimum absolute atomic E-state index is 0.00114. The third-order valence-electron chi connectivity index (χ3n) is 3.19. The second-order valence-corrected chi connectivity index (χ2v) is 5.11. The van der Waals surface area contributed by atoms with E-state index in [0.717, 1.165) is 12.3 Å². The van der Waals surface area contributed by atoms with Gasteiger partial charge >= 0.3 is 0 Å². The molecule has 0 aromatic carbocycles. The number of hydrogen-bond donors (Lipinski definition) is 2. The first-order valence-corrected chi connectivity index (χ1v) is 5.49. The third kappa shape index (κ3) is 3.65. The van der Waals surface area contributed by atoms with E-state index >= 15 is 0 Å². The lowest BCUT2D eigenvalue weighted by molar-refractivity contribution is 0.216. The Morgan fingerprint density at radius 3 is 2.38 bits per heavy atom. The summed E-state index contributed by atoms with van der Waals surface area (Å²) in [7, 11) is 2.08. The molecule has 1 rings (SSSR count). The zero-order valence-electron chi connectivity index (χ0n) is 9.27. The highest BCUT2D eigenvalue weighted by molar-refractivity contribution is 4.84. The van der Waals surface area contributed by atoms with E-state index in [0.29, 0.717) is 6.04 Å². The van der Waals surface area contributed by atoms with Gasteiger partial charge in [0, 0.05) is 11.6 Å². The molecule has 2 heteroatoms. The first-order chi connectivity index (χ1) is 6.03. The lowest BCUT2D eigenvalue weighted by atomic mass is 9.77. The first kappa shape index (κ1) is 11.0. The second kappa shape index (κ2) is 4.43. The van der Waals surface area contributed by atoms with Crippen molar-refractivity contribution in [3.63, 3.8) is 0 Å². The highest BCUT2D eigenvalue weighted by atomic mass is 14.9. The number of rotatable bonds is 5. The van der Waals surface area contributed by atoms with Gasteiger partial charge in [-0.05, 0) is 52.5 Å². The van der Waals surface area contributed by atoms with Gasteiger partial charge in [-0.15, -0.1) is 0 Å². The minimum atomic E-state index is -0.00114. The fourth-order valence-corrected chi connectivity index (χ4v) is 1.99. The lowest BCUT2D eigenvalue weighted by Gasteiger charge is -2.35. The van der Waals surface area contributed by atoms with Crippen molar-refractivity contribution in [1.82, 2.24) is 5.32 Å². The molecule has 1 fully saturated rings. The Balaban J connectivity index is 2.23. The maximum Gasteiger partial charge on any atom is 0.00976 e. The van der Waals surface area contributed by atoms with Gasteiger partial charge in [0.1, 0.15) is 0 Å². The molecule has 2 nitrogen and oxygen atoms in total. The van der Waals surface area contributed by atoms with Crippen LogP contribution in [-0.2, 0) is 0 Å². The average Bonchev–Trinajstić information content (AvgIpc) is 1.91. The maximum atomic E-state index is 5.97. The van der Waals surface area contributed by atoms with Gasteiger partial charge in [0.2, 0.25) is 0 Å². The largest absolute Gasteiger partial charge is 0.326 e. The van der Waals surface area contributed by atoms with Crippen molar-refractivity contribution < 1.29 is 0 Å². The van der Waals surface area contributed by atoms with Gasteiger partial charge < -0.3 is 11.1 Å². The van der Waals surface area contributed by atoms with Crippen molar-refractivity contribution in [1.29, 1.82) is 0 Å². The topological polar surface area (TPSA) is 38.0 Å². The van der Waals surface area contributed by atoms with Crippen LogP contribution in [0.3, 0.4) is 0 Å². The van der Waals surface area contributed by atoms with Crippen LogP contribution in [0.5, 0.6) is 0 Å². The van der Waals surface area contributed by atoms with Crippen LogP contribution in [0.1, 0.15) is 46.0 Å². The monoisotopic (exact) mass is 184 g/mol. The van der Waals surface area contributed by atoms with Gasteiger partial charge in [-0.3, -0.25) is 0 Å². The standard InChI is InChI=1S/C11H24N2/c1-11(2,12)8-7-10(13-3)9-5-4-6-9/h9-10,13H,4-8,12H2,1-3H3. The van der Waals surface area contributed by atoms with Crippen LogP contribution in [-0.4, -0.2) is 18.6 Å². The van der Waals surface area contributed by atoms with Crippen LogP contribution in [0.15, 0.2) is 0 Å². The molecule has 13 heavy (non-hydrogen) atoms. The van der Waals surface area contributed by atoms with Crippen LogP contribution in [0.2, 0.25) is 0 Å². The highest BCUT2D eigenvalue weighted by Gasteiger charge is 2.26. The molecule has 0 saturated heterocycles. The molecule has 1 aliphatic rings. The molecule has 0 aromatic rings. The van der Waals surface area contributed by atoms with Gasteiger partial charge in [0.05, 0.1) is 0 Å². The number of nitrogens with two attached hydrogens (primary N) is 1. The zero-order valence-corrected chi connectivity index (χ0v) is 9.27. The smallest absolute Gasteiger partial charge is 0.00976 e. The van der Waals surface area contributed by atoms with Gasteiger partial charge in [0.15, 0.2) is 0 Å². The van der Waals surface area contributed by atoms with E-state index in [9.17, 15) is 0 Å². The Morgan fingerprint density at radius 1 is 1.46 bits per heavy atom. The predicted octanol–water partition coefficient (Wildman–Crippen LogP) is 1.89. The van der Waals surface area contributed by atoms with Gasteiger partial charge in [-0.2, -0.15) is 0 Å². The van der Waals surface area contributed by atoms with E-state index in [2.05, 4.69) is 26.2 Å². The van der Waals surface area contributed by atoms with E-state index in [1.54, 1.807) is 0 Å². The summed E-state index contributed by atoms with van der Waals surface area (Å²) in [6.45, 7) is 4.22. The van der Waals surface area contributed by atoms with E-state index in [1.165, 1.54) is 25.7 Å². The molecule has 1 aliphatic carbocycles. The van der Waals surface area contributed by atoms with Crippen molar-refractivity contribution in [2.75, 3.05) is 7.05 Å². The molecule has 1 saturated carbocycles. The fourth-order valence-electron chi connectivity index (χ4n) is 1.99. The lowest BCUT2D eigenvalue weighted by Crippen LogP contribution is -2.40. The van der Waals surface area contributed by atoms with Crippen molar-refractivity contribution in [2.24, 2.45) is 11.7 Å². The van der Waals surface area contributed by atoms with Crippen molar-refractivity contribution >= 4 is 0 Å². The molecular weight excluding hydrogens is 160 g/mol. The summed E-state index contributed by atoms with van der Waals surface area (Å²) in [5, 5.41) is 3.42. The normalized spacial score (nSPS) is 21.2. The van der Waals surface area contributed by atoms with Gasteiger partial charge in [-0.25, -0.2) is 0 Å². The number of nitrogens with one attached hydrogen (secondary N) is 1. The Morgan fingerprint density at radius 2 is 2.08 bits per heavy atom. The zero-order chi connectivity index (χ0) is 9.90. The predicted molar refractivity (Wildman–Crippen MR) is 57.7 cm³/mol. The Kier molecular flexibility index (Phi) is 3.74. The Labute approximate surface area is 82.3 Å². The molecule has 0 heterocycles. The summed E-state index contributed by atoms with van der Waals surface area (Å²) < 4.78 is 0. The Bertz CT molecular complexity index is 145. The molecule has 0 aliphatic heterocycles. The second-order valence-electron chi connectivity index (χ2n) is 5.11. The molecule has 0 aromatic heterocycles. The van der Waals surface area contributed by atoms with Crippen LogP contribution in [0, 0.1) is 5.92 Å². The van der Waals surface area contributed by atoms with Crippen molar-refractivity contribution in [3.05, 3.63) is 0 Å². The minimum Gasteiger partial charge on any atom is -0.326 e.